The number of ether oxygens (including phenoxy) is 1. The maximum Gasteiger partial charge on any atom is 0.273 e. The number of amides is 1. The monoisotopic (exact) mass is 438 g/mol. The quantitative estimate of drug-likeness (QED) is 0.305. The Balaban J connectivity index is 1.69. The first-order valence-electron chi connectivity index (χ1n) is 9.15. The van der Waals surface area contributed by atoms with Crippen molar-refractivity contribution in [3.05, 3.63) is 94.3 Å². The van der Waals surface area contributed by atoms with Gasteiger partial charge in [0, 0.05) is 5.69 Å². The average molecular weight is 438 g/mol. The topological polar surface area (TPSA) is 164 Å². The van der Waals surface area contributed by atoms with E-state index in [-0.39, 0.29) is 28.1 Å². The molecule has 166 valence electrons. The Morgan fingerprint density at radius 1 is 1.03 bits per heavy atom. The molecule has 0 heterocycles. The minimum Gasteiger partial charge on any atom is -0.769 e. The fourth-order valence-electron chi connectivity index (χ4n) is 2.67. The van der Waals surface area contributed by atoms with Crippen LogP contribution in [0.3, 0.4) is 0 Å². The van der Waals surface area contributed by atoms with Crippen LogP contribution < -0.4 is 20.6 Å². The number of rotatable bonds is 8. The second-order valence-corrected chi connectivity index (χ2v) is 6.42. The van der Waals surface area contributed by atoms with Gasteiger partial charge in [-0.15, -0.1) is 5.23 Å². The molecule has 0 aliphatic rings. The van der Waals surface area contributed by atoms with Crippen molar-refractivity contribution in [1.82, 2.24) is 5.43 Å². The van der Waals surface area contributed by atoms with E-state index in [0.29, 0.717) is 11.1 Å². The largest absolute Gasteiger partial charge is 0.769 e. The van der Waals surface area contributed by atoms with Crippen LogP contribution in [0.15, 0.2) is 77.9 Å². The summed E-state index contributed by atoms with van der Waals surface area (Å²) in [5.41, 5.74) is 2.50. The number of aliphatic hydroxyl groups excluding tert-OH is 1. The second kappa shape index (κ2) is 10.3. The summed E-state index contributed by atoms with van der Waals surface area (Å²) < 4.78 is 5.60. The molecule has 0 bridgehead atoms. The smallest absolute Gasteiger partial charge is 0.273 e. The van der Waals surface area contributed by atoms with Crippen molar-refractivity contribution in [1.29, 1.82) is 0 Å². The van der Waals surface area contributed by atoms with E-state index in [1.165, 1.54) is 18.3 Å². The van der Waals surface area contributed by atoms with Gasteiger partial charge in [-0.1, -0.05) is 42.5 Å². The Kier molecular flexibility index (Phi) is 7.33. The summed E-state index contributed by atoms with van der Waals surface area (Å²) in [5, 5.41) is 53.3. The predicted molar refractivity (Wildman–Crippen MR) is 115 cm³/mol. The Labute approximate surface area is 182 Å². The molecular formula is C21H18N4O7-2. The molecular weight excluding hydrogens is 420 g/mol. The standard InChI is InChI=1S/C21H18N4O7/c26-20(15-6-2-1-3-7-15)21(27)23-22-13-14-5-4-8-17(11-14)32-19-10-9-16(24(28)29)12-18(19)25(30)31/h1-13,20,26,30-31H,(H,23,27)/q-2/t20-/m0/s1. The van der Waals surface area contributed by atoms with Crippen LogP contribution in [0.25, 0.3) is 0 Å². The van der Waals surface area contributed by atoms with E-state index >= 15 is 0 Å². The summed E-state index contributed by atoms with van der Waals surface area (Å²) in [6.45, 7) is 0. The normalized spacial score (nSPS) is 11.8. The van der Waals surface area contributed by atoms with Crippen molar-refractivity contribution < 1.29 is 25.1 Å². The first kappa shape index (κ1) is 22.7. The van der Waals surface area contributed by atoms with Crippen LogP contribution in [-0.4, -0.2) is 27.6 Å². The van der Waals surface area contributed by atoms with Crippen LogP contribution in [0, 0.1) is 10.4 Å². The van der Waals surface area contributed by atoms with Gasteiger partial charge in [0.25, 0.3) is 5.91 Å². The highest BCUT2D eigenvalue weighted by Gasteiger charge is 2.16. The number of hydrogen-bond acceptors (Lipinski definition) is 10. The number of anilines is 2. The zero-order valence-corrected chi connectivity index (χ0v) is 16.4. The van der Waals surface area contributed by atoms with Gasteiger partial charge in [0.1, 0.15) is 11.4 Å². The molecule has 0 aromatic heterocycles. The summed E-state index contributed by atoms with van der Waals surface area (Å²) in [5.74, 6) is -0.489. The fraction of sp³-hybridized carbons (Fsp3) is 0.0476. The van der Waals surface area contributed by atoms with E-state index in [0.717, 1.165) is 12.1 Å². The molecule has 4 N–H and O–H groups in total. The van der Waals surface area contributed by atoms with Crippen LogP contribution in [0.4, 0.5) is 11.4 Å². The summed E-state index contributed by atoms with van der Waals surface area (Å²) in [7, 11) is 0. The summed E-state index contributed by atoms with van der Waals surface area (Å²) in [4.78, 5) is 12.0. The molecule has 1 amide bonds. The third-order valence-corrected chi connectivity index (χ3v) is 4.21. The van der Waals surface area contributed by atoms with Crippen molar-refractivity contribution >= 4 is 23.5 Å². The van der Waals surface area contributed by atoms with Crippen molar-refractivity contribution in [2.45, 2.75) is 6.10 Å². The molecule has 32 heavy (non-hydrogen) atoms. The number of benzene rings is 3. The van der Waals surface area contributed by atoms with Crippen molar-refractivity contribution in [2.24, 2.45) is 5.10 Å². The number of hydrazone groups is 1. The summed E-state index contributed by atoms with van der Waals surface area (Å²) in [6.07, 6.45) is -0.0487. The molecule has 0 aliphatic heterocycles. The molecule has 0 saturated carbocycles. The molecule has 11 heteroatoms. The van der Waals surface area contributed by atoms with E-state index < -0.39 is 17.2 Å². The Bertz CT molecular complexity index is 1090. The molecule has 0 aliphatic carbocycles. The molecule has 0 unspecified atom stereocenters. The molecule has 0 spiro atoms. The molecule has 3 aromatic carbocycles. The molecule has 11 nitrogen and oxygen atoms in total. The zero-order valence-electron chi connectivity index (χ0n) is 16.4. The number of aliphatic hydroxyl groups is 1. The lowest BCUT2D eigenvalue weighted by molar-refractivity contribution is -0.129. The number of nitrogens with one attached hydrogen (secondary N) is 1. The number of nitrogens with zero attached hydrogens (tertiary/aromatic N) is 3. The van der Waals surface area contributed by atoms with Crippen LogP contribution in [0.5, 0.6) is 11.5 Å². The highest BCUT2D eigenvalue weighted by atomic mass is 16.8. The minimum atomic E-state index is -1.37. The Morgan fingerprint density at radius 3 is 2.47 bits per heavy atom. The third-order valence-electron chi connectivity index (χ3n) is 4.21. The number of carbonyl (C=O) groups is 1. The van der Waals surface area contributed by atoms with E-state index in [4.69, 9.17) is 4.74 Å². The molecule has 3 rings (SSSR count). The van der Waals surface area contributed by atoms with Crippen molar-refractivity contribution in [2.75, 3.05) is 10.5 Å². The Hall–Kier alpha value is -4.00. The maximum atomic E-state index is 12.0. The van der Waals surface area contributed by atoms with Gasteiger partial charge >= 0.3 is 0 Å². The van der Waals surface area contributed by atoms with Crippen LogP contribution >= 0.6 is 0 Å². The highest BCUT2D eigenvalue weighted by molar-refractivity contribution is 5.85. The van der Waals surface area contributed by atoms with E-state index in [9.17, 15) is 30.7 Å². The predicted octanol–water partition coefficient (Wildman–Crippen LogP) is 3.05. The first-order chi connectivity index (χ1) is 15.3. The summed E-state index contributed by atoms with van der Waals surface area (Å²) in [6, 6.07) is 18.1. The molecule has 1 atom stereocenters. The second-order valence-electron chi connectivity index (χ2n) is 6.42. The van der Waals surface area contributed by atoms with Crippen LogP contribution in [0.2, 0.25) is 0 Å². The molecule has 0 radical (unpaired) electrons. The Morgan fingerprint density at radius 2 is 1.78 bits per heavy atom. The summed E-state index contributed by atoms with van der Waals surface area (Å²) >= 11 is 0. The number of carbonyl (C=O) groups excluding carboxylic acids is 1. The van der Waals surface area contributed by atoms with E-state index in [1.807, 2.05) is 0 Å². The lowest BCUT2D eigenvalue weighted by Crippen LogP contribution is -2.25. The van der Waals surface area contributed by atoms with Gasteiger partial charge in [0.2, 0.25) is 0 Å². The van der Waals surface area contributed by atoms with Gasteiger partial charge < -0.3 is 25.5 Å². The maximum absolute atomic E-state index is 12.0. The van der Waals surface area contributed by atoms with E-state index in [2.05, 4.69) is 10.5 Å². The van der Waals surface area contributed by atoms with Gasteiger partial charge in [-0.05, 0) is 41.5 Å². The van der Waals surface area contributed by atoms with Crippen molar-refractivity contribution in [3.8, 4) is 11.5 Å². The van der Waals surface area contributed by atoms with E-state index in [1.54, 1.807) is 48.5 Å². The lowest BCUT2D eigenvalue weighted by Gasteiger charge is -2.37. The molecule has 0 fully saturated rings. The lowest BCUT2D eigenvalue weighted by atomic mass is 10.1. The molecule has 3 aromatic rings. The zero-order chi connectivity index (χ0) is 23.1. The van der Waals surface area contributed by atoms with Crippen LogP contribution in [0.1, 0.15) is 17.2 Å². The van der Waals surface area contributed by atoms with Gasteiger partial charge in [-0.2, -0.15) is 5.10 Å². The van der Waals surface area contributed by atoms with Gasteiger partial charge in [0.05, 0.1) is 6.21 Å². The van der Waals surface area contributed by atoms with Gasteiger partial charge in [0.15, 0.2) is 11.9 Å². The highest BCUT2D eigenvalue weighted by Crippen LogP contribution is 2.34. The SMILES string of the molecule is O=C(NN=Cc1cccc(Oc2ccc(N([O-])[O-])cc2N(O)O)c1)[C@@H](O)c1ccccc1. The minimum absolute atomic E-state index is 0.0472. The van der Waals surface area contributed by atoms with Gasteiger partial charge in [-0.25, -0.2) is 5.43 Å². The van der Waals surface area contributed by atoms with Crippen molar-refractivity contribution in [3.63, 3.8) is 0 Å². The van der Waals surface area contributed by atoms with Gasteiger partial charge in [-0.3, -0.25) is 15.2 Å². The number of hydrogen-bond donors (Lipinski definition) is 4. The van der Waals surface area contributed by atoms with Crippen LogP contribution in [-0.2, 0) is 4.79 Å². The third kappa shape index (κ3) is 5.78. The average Bonchev–Trinajstić information content (AvgIpc) is 2.79. The molecule has 0 saturated heterocycles. The fourth-order valence-corrected chi connectivity index (χ4v) is 2.67. The first-order valence-corrected chi connectivity index (χ1v) is 9.15.